The molecule has 5 N–H and O–H groups in total. The number of hydrogen-bond donors (Lipinski definition) is 5. The van der Waals surface area contributed by atoms with Gasteiger partial charge in [-0.15, -0.1) is 0 Å². The summed E-state index contributed by atoms with van der Waals surface area (Å²) in [6.45, 7) is 2.47. The van der Waals surface area contributed by atoms with E-state index >= 15 is 0 Å². The summed E-state index contributed by atoms with van der Waals surface area (Å²) >= 11 is 0. The Morgan fingerprint density at radius 1 is 1.33 bits per heavy atom. The van der Waals surface area contributed by atoms with E-state index in [9.17, 15) is 20.1 Å². The standard InChI is InChI=1S/C8H14NO6/c1-3(11)9-5-7(13)6(12)4(2-10)15-8(5)14/h4-8,10,12-14H,1-2H2,(H,9,11)/t4-,5?,6-,7-,8?/m1/s1. The Morgan fingerprint density at radius 3 is 2.40 bits per heavy atom. The van der Waals surface area contributed by atoms with E-state index in [0.717, 1.165) is 0 Å². The van der Waals surface area contributed by atoms with E-state index in [1.165, 1.54) is 0 Å². The molecular formula is C8H14NO6. The van der Waals surface area contributed by atoms with E-state index in [4.69, 9.17) is 9.84 Å². The van der Waals surface area contributed by atoms with Crippen LogP contribution in [-0.4, -0.2) is 63.6 Å². The fraction of sp³-hybridized carbons (Fsp3) is 0.750. The first-order valence-electron chi connectivity index (χ1n) is 4.40. The molecule has 87 valence electrons. The summed E-state index contributed by atoms with van der Waals surface area (Å²) in [6, 6.07) is -1.16. The van der Waals surface area contributed by atoms with Crippen molar-refractivity contribution in [3.63, 3.8) is 0 Å². The summed E-state index contributed by atoms with van der Waals surface area (Å²) in [5.74, 6) is -0.712. The van der Waals surface area contributed by atoms with Crippen LogP contribution in [0.15, 0.2) is 0 Å². The second-order valence-corrected chi connectivity index (χ2v) is 3.32. The Bertz CT molecular complexity index is 235. The molecule has 0 aromatic carbocycles. The largest absolute Gasteiger partial charge is 0.394 e. The van der Waals surface area contributed by atoms with Crippen molar-refractivity contribution in [1.29, 1.82) is 0 Å². The van der Waals surface area contributed by atoms with Gasteiger partial charge in [0.15, 0.2) is 6.29 Å². The highest BCUT2D eigenvalue weighted by Gasteiger charge is 2.43. The van der Waals surface area contributed by atoms with Crippen LogP contribution in [0.5, 0.6) is 0 Å². The van der Waals surface area contributed by atoms with E-state index in [2.05, 4.69) is 12.2 Å². The average Bonchev–Trinajstić information content (AvgIpc) is 2.18. The molecule has 1 aliphatic rings. The summed E-state index contributed by atoms with van der Waals surface area (Å²) in [5.41, 5.74) is 0. The number of aliphatic hydroxyl groups is 4. The van der Waals surface area contributed by atoms with Crippen LogP contribution in [0.25, 0.3) is 0 Å². The maximum absolute atomic E-state index is 10.6. The molecule has 1 heterocycles. The van der Waals surface area contributed by atoms with Crippen molar-refractivity contribution in [3.8, 4) is 0 Å². The Morgan fingerprint density at radius 2 is 1.93 bits per heavy atom. The quantitative estimate of drug-likeness (QED) is 0.333. The number of hydrogen-bond acceptors (Lipinski definition) is 6. The monoisotopic (exact) mass is 220 g/mol. The molecule has 1 rings (SSSR count). The maximum atomic E-state index is 10.6. The lowest BCUT2D eigenvalue weighted by Crippen LogP contribution is -2.63. The summed E-state index contributed by atoms with van der Waals surface area (Å²) in [5, 5.41) is 39.2. The van der Waals surface area contributed by atoms with Gasteiger partial charge in [-0.3, -0.25) is 4.79 Å². The van der Waals surface area contributed by atoms with Gasteiger partial charge in [0.05, 0.1) is 6.61 Å². The molecule has 7 nitrogen and oxygen atoms in total. The molecule has 5 atom stereocenters. The average molecular weight is 220 g/mol. The molecule has 1 aliphatic heterocycles. The Labute approximate surface area is 86.3 Å². The van der Waals surface area contributed by atoms with Gasteiger partial charge >= 0.3 is 0 Å². The smallest absolute Gasteiger partial charge is 0.220 e. The number of carbonyl (C=O) groups excluding carboxylic acids is 1. The van der Waals surface area contributed by atoms with Crippen molar-refractivity contribution in [1.82, 2.24) is 5.32 Å². The molecule has 0 aromatic rings. The first kappa shape index (κ1) is 12.3. The zero-order chi connectivity index (χ0) is 11.6. The number of ether oxygens (including phenoxy) is 1. The van der Waals surface area contributed by atoms with Crippen molar-refractivity contribution < 1.29 is 30.0 Å². The van der Waals surface area contributed by atoms with Crippen LogP contribution in [0.2, 0.25) is 0 Å². The van der Waals surface area contributed by atoms with Gasteiger partial charge in [0, 0.05) is 6.92 Å². The Balaban J connectivity index is 2.70. The highest BCUT2D eigenvalue weighted by molar-refractivity contribution is 5.80. The molecule has 7 heteroatoms. The first-order valence-corrected chi connectivity index (χ1v) is 4.40. The Kier molecular flexibility index (Phi) is 4.00. The van der Waals surface area contributed by atoms with E-state index in [0.29, 0.717) is 0 Å². The van der Waals surface area contributed by atoms with E-state index in [1.54, 1.807) is 0 Å². The van der Waals surface area contributed by atoms with Crippen LogP contribution in [-0.2, 0) is 9.53 Å². The molecule has 15 heavy (non-hydrogen) atoms. The van der Waals surface area contributed by atoms with Gasteiger partial charge in [-0.1, -0.05) is 0 Å². The highest BCUT2D eigenvalue weighted by atomic mass is 16.6. The van der Waals surface area contributed by atoms with Gasteiger partial charge in [0.25, 0.3) is 0 Å². The second-order valence-electron chi connectivity index (χ2n) is 3.32. The SMILES string of the molecule is [CH2]C(=O)NC1C(O)O[C@H](CO)[C@@H](O)[C@@H]1O. The third-order valence-corrected chi connectivity index (χ3v) is 2.23. The van der Waals surface area contributed by atoms with Crippen molar-refractivity contribution in [2.45, 2.75) is 30.6 Å². The minimum Gasteiger partial charge on any atom is -0.394 e. The lowest BCUT2D eigenvalue weighted by atomic mass is 9.97. The van der Waals surface area contributed by atoms with Gasteiger partial charge in [-0.05, 0) is 0 Å². The molecule has 0 spiro atoms. The summed E-state index contributed by atoms with van der Waals surface area (Å²) in [4.78, 5) is 10.6. The van der Waals surface area contributed by atoms with Crippen LogP contribution in [0.1, 0.15) is 0 Å². The summed E-state index contributed by atoms with van der Waals surface area (Å²) in [7, 11) is 0. The molecule has 1 saturated heterocycles. The van der Waals surface area contributed by atoms with Crippen LogP contribution < -0.4 is 5.32 Å². The van der Waals surface area contributed by atoms with Crippen LogP contribution >= 0.6 is 0 Å². The first-order chi connectivity index (χ1) is 6.97. The fourth-order valence-corrected chi connectivity index (χ4v) is 1.44. The summed E-state index contributed by atoms with van der Waals surface area (Å²) in [6.07, 6.45) is -5.37. The number of aliphatic hydroxyl groups excluding tert-OH is 4. The van der Waals surface area contributed by atoms with Gasteiger partial charge in [-0.25, -0.2) is 0 Å². The van der Waals surface area contributed by atoms with E-state index in [1.807, 2.05) is 0 Å². The molecule has 1 amide bonds. The van der Waals surface area contributed by atoms with Gasteiger partial charge in [-0.2, -0.15) is 0 Å². The zero-order valence-corrected chi connectivity index (χ0v) is 7.91. The molecule has 0 aromatic heterocycles. The van der Waals surface area contributed by atoms with Crippen LogP contribution in [0.4, 0.5) is 0 Å². The second kappa shape index (κ2) is 4.86. The minimum absolute atomic E-state index is 0.541. The molecule has 1 fully saturated rings. The van der Waals surface area contributed by atoms with Crippen molar-refractivity contribution in [3.05, 3.63) is 6.92 Å². The number of nitrogens with one attached hydrogen (secondary N) is 1. The van der Waals surface area contributed by atoms with Gasteiger partial charge in [0.2, 0.25) is 5.91 Å². The number of rotatable bonds is 2. The molecule has 1 radical (unpaired) electrons. The molecular weight excluding hydrogens is 206 g/mol. The normalized spacial score (nSPS) is 41.3. The predicted octanol–water partition coefficient (Wildman–Crippen LogP) is -3.26. The lowest BCUT2D eigenvalue weighted by molar-refractivity contribution is -0.253. The van der Waals surface area contributed by atoms with Crippen molar-refractivity contribution in [2.75, 3.05) is 6.61 Å². The van der Waals surface area contributed by atoms with Crippen LogP contribution in [0, 0.1) is 6.92 Å². The van der Waals surface area contributed by atoms with Crippen LogP contribution in [0.3, 0.4) is 0 Å². The molecule has 0 saturated carbocycles. The summed E-state index contributed by atoms with van der Waals surface area (Å²) < 4.78 is 4.78. The van der Waals surface area contributed by atoms with E-state index in [-0.39, 0.29) is 0 Å². The van der Waals surface area contributed by atoms with Gasteiger partial charge < -0.3 is 30.5 Å². The lowest BCUT2D eigenvalue weighted by Gasteiger charge is -2.40. The van der Waals surface area contributed by atoms with Gasteiger partial charge in [0.1, 0.15) is 24.4 Å². The predicted molar refractivity (Wildman–Crippen MR) is 47.3 cm³/mol. The third-order valence-electron chi connectivity index (χ3n) is 2.23. The maximum Gasteiger partial charge on any atom is 0.220 e. The van der Waals surface area contributed by atoms with Crippen molar-refractivity contribution >= 4 is 5.91 Å². The fourth-order valence-electron chi connectivity index (χ4n) is 1.44. The van der Waals surface area contributed by atoms with Crippen molar-refractivity contribution in [2.24, 2.45) is 0 Å². The Hall–Kier alpha value is -0.730. The molecule has 0 aliphatic carbocycles. The molecule has 2 unspecified atom stereocenters. The number of carbonyl (C=O) groups is 1. The molecule has 0 bridgehead atoms. The topological polar surface area (TPSA) is 119 Å². The highest BCUT2D eigenvalue weighted by Crippen LogP contribution is 2.19. The van der Waals surface area contributed by atoms with E-state index < -0.39 is 43.2 Å². The minimum atomic E-state index is -1.49. The number of amides is 1. The third kappa shape index (κ3) is 2.64. The zero-order valence-electron chi connectivity index (χ0n) is 7.91.